The van der Waals surface area contributed by atoms with Gasteiger partial charge in [-0.2, -0.15) is 5.10 Å². The van der Waals surface area contributed by atoms with Crippen LogP contribution in [0.5, 0.6) is 0 Å². The summed E-state index contributed by atoms with van der Waals surface area (Å²) in [5.74, 6) is -0.296. The monoisotopic (exact) mass is 335 g/mol. The van der Waals surface area contributed by atoms with Gasteiger partial charge in [0.15, 0.2) is 0 Å². The lowest BCUT2D eigenvalue weighted by Gasteiger charge is -2.16. The predicted octanol–water partition coefficient (Wildman–Crippen LogP) is 3.91. The molecule has 1 aliphatic rings. The van der Waals surface area contributed by atoms with Gasteiger partial charge in [-0.25, -0.2) is 9.07 Å². The molecule has 0 atom stereocenters. The van der Waals surface area contributed by atoms with E-state index >= 15 is 0 Å². The van der Waals surface area contributed by atoms with Crippen LogP contribution in [0.4, 0.5) is 4.39 Å². The molecular formula is C20H18FN3O. The SMILES string of the molecule is O=C(c1cnn(-c2ccc(F)cc2)c1-c1ccccc1)N1CCCC1. The van der Waals surface area contributed by atoms with Gasteiger partial charge < -0.3 is 4.90 Å². The van der Waals surface area contributed by atoms with E-state index in [0.29, 0.717) is 5.56 Å². The van der Waals surface area contributed by atoms with Crippen molar-refractivity contribution in [3.05, 3.63) is 72.2 Å². The fraction of sp³-hybridized carbons (Fsp3) is 0.200. The van der Waals surface area contributed by atoms with Gasteiger partial charge >= 0.3 is 0 Å². The Balaban J connectivity index is 1.85. The Hall–Kier alpha value is -2.95. The van der Waals surface area contributed by atoms with Gasteiger partial charge in [0, 0.05) is 18.7 Å². The first-order chi connectivity index (χ1) is 12.2. The smallest absolute Gasteiger partial charge is 0.257 e. The third kappa shape index (κ3) is 2.93. The summed E-state index contributed by atoms with van der Waals surface area (Å²) in [7, 11) is 0. The van der Waals surface area contributed by atoms with Gasteiger partial charge in [0.2, 0.25) is 0 Å². The van der Waals surface area contributed by atoms with Gasteiger partial charge in [0.1, 0.15) is 5.82 Å². The average molecular weight is 335 g/mol. The molecule has 5 heteroatoms. The molecule has 4 rings (SSSR count). The van der Waals surface area contributed by atoms with Crippen molar-refractivity contribution >= 4 is 5.91 Å². The van der Waals surface area contributed by atoms with Crippen LogP contribution in [0, 0.1) is 5.82 Å². The molecule has 0 N–H and O–H groups in total. The molecule has 0 unspecified atom stereocenters. The lowest BCUT2D eigenvalue weighted by molar-refractivity contribution is 0.0793. The third-order valence-corrected chi connectivity index (χ3v) is 4.51. The van der Waals surface area contributed by atoms with E-state index in [1.165, 1.54) is 12.1 Å². The van der Waals surface area contributed by atoms with E-state index in [-0.39, 0.29) is 11.7 Å². The zero-order chi connectivity index (χ0) is 17.2. The Morgan fingerprint density at radius 1 is 0.960 bits per heavy atom. The number of carbonyl (C=O) groups is 1. The van der Waals surface area contributed by atoms with E-state index in [9.17, 15) is 9.18 Å². The Labute approximate surface area is 145 Å². The molecule has 1 saturated heterocycles. The molecule has 25 heavy (non-hydrogen) atoms. The molecule has 126 valence electrons. The van der Waals surface area contributed by atoms with Crippen molar-refractivity contribution in [2.75, 3.05) is 13.1 Å². The minimum absolute atomic E-state index is 0.00437. The number of hydrogen-bond donors (Lipinski definition) is 0. The Kier molecular flexibility index (Phi) is 4.06. The number of amides is 1. The quantitative estimate of drug-likeness (QED) is 0.728. The number of halogens is 1. The zero-order valence-corrected chi connectivity index (χ0v) is 13.7. The number of carbonyl (C=O) groups excluding carboxylic acids is 1. The maximum absolute atomic E-state index is 13.3. The van der Waals surface area contributed by atoms with Crippen molar-refractivity contribution in [1.29, 1.82) is 0 Å². The maximum Gasteiger partial charge on any atom is 0.257 e. The van der Waals surface area contributed by atoms with Crippen LogP contribution in [-0.2, 0) is 0 Å². The van der Waals surface area contributed by atoms with Crippen LogP contribution in [0.15, 0.2) is 60.8 Å². The number of rotatable bonds is 3. The fourth-order valence-corrected chi connectivity index (χ4v) is 3.25. The van der Waals surface area contributed by atoms with E-state index in [0.717, 1.165) is 42.9 Å². The van der Waals surface area contributed by atoms with Crippen LogP contribution >= 0.6 is 0 Å². The number of likely N-dealkylation sites (tertiary alicyclic amines) is 1. The summed E-state index contributed by atoms with van der Waals surface area (Å²) >= 11 is 0. The highest BCUT2D eigenvalue weighted by atomic mass is 19.1. The summed E-state index contributed by atoms with van der Waals surface area (Å²) in [4.78, 5) is 14.8. The van der Waals surface area contributed by atoms with Crippen LogP contribution in [0.1, 0.15) is 23.2 Å². The first kappa shape index (κ1) is 15.6. The Bertz CT molecular complexity index is 881. The number of benzene rings is 2. The van der Waals surface area contributed by atoms with Gasteiger partial charge in [0.25, 0.3) is 5.91 Å². The van der Waals surface area contributed by atoms with E-state index in [2.05, 4.69) is 5.10 Å². The molecular weight excluding hydrogens is 317 g/mol. The largest absolute Gasteiger partial charge is 0.339 e. The molecule has 0 saturated carbocycles. The highest BCUT2D eigenvalue weighted by Crippen LogP contribution is 2.28. The molecule has 1 aliphatic heterocycles. The van der Waals surface area contributed by atoms with Crippen LogP contribution in [-0.4, -0.2) is 33.7 Å². The lowest BCUT2D eigenvalue weighted by Crippen LogP contribution is -2.27. The summed E-state index contributed by atoms with van der Waals surface area (Å²) in [6.07, 6.45) is 3.70. The molecule has 3 aromatic rings. The minimum atomic E-state index is -0.300. The number of nitrogens with zero attached hydrogens (tertiary/aromatic N) is 3. The second-order valence-electron chi connectivity index (χ2n) is 6.16. The number of aromatic nitrogens is 2. The standard InChI is InChI=1S/C20H18FN3O/c21-16-8-10-17(11-9-16)24-19(15-6-2-1-3-7-15)18(14-22-24)20(25)23-12-4-5-13-23/h1-3,6-11,14H,4-5,12-13H2. The van der Waals surface area contributed by atoms with Crippen molar-refractivity contribution in [3.8, 4) is 16.9 Å². The molecule has 4 nitrogen and oxygen atoms in total. The summed E-state index contributed by atoms with van der Waals surface area (Å²) < 4.78 is 15.0. The lowest BCUT2D eigenvalue weighted by atomic mass is 10.1. The van der Waals surface area contributed by atoms with E-state index in [4.69, 9.17) is 0 Å². The molecule has 2 aromatic carbocycles. The molecule has 0 aliphatic carbocycles. The first-order valence-electron chi connectivity index (χ1n) is 8.43. The van der Waals surface area contributed by atoms with Crippen molar-refractivity contribution < 1.29 is 9.18 Å². The molecule has 1 fully saturated rings. The van der Waals surface area contributed by atoms with Crippen molar-refractivity contribution in [1.82, 2.24) is 14.7 Å². The summed E-state index contributed by atoms with van der Waals surface area (Å²) in [6, 6.07) is 15.8. The predicted molar refractivity (Wildman–Crippen MR) is 94.1 cm³/mol. The Morgan fingerprint density at radius 3 is 2.32 bits per heavy atom. The van der Waals surface area contributed by atoms with Gasteiger partial charge in [-0.15, -0.1) is 0 Å². The highest BCUT2D eigenvalue weighted by molar-refractivity contribution is 6.00. The summed E-state index contributed by atoms with van der Waals surface area (Å²) in [5.41, 5.74) is 2.95. The Morgan fingerprint density at radius 2 is 1.64 bits per heavy atom. The number of hydrogen-bond acceptors (Lipinski definition) is 2. The normalized spacial score (nSPS) is 14.0. The molecule has 0 bridgehead atoms. The van der Waals surface area contributed by atoms with Crippen LogP contribution in [0.3, 0.4) is 0 Å². The summed E-state index contributed by atoms with van der Waals surface area (Å²) in [6.45, 7) is 1.57. The van der Waals surface area contributed by atoms with Gasteiger partial charge in [-0.05, 0) is 37.1 Å². The molecule has 0 spiro atoms. The van der Waals surface area contributed by atoms with E-state index < -0.39 is 0 Å². The third-order valence-electron chi connectivity index (χ3n) is 4.51. The minimum Gasteiger partial charge on any atom is -0.339 e. The highest BCUT2D eigenvalue weighted by Gasteiger charge is 2.26. The van der Waals surface area contributed by atoms with Crippen LogP contribution < -0.4 is 0 Å². The molecule has 1 amide bonds. The molecule has 1 aromatic heterocycles. The van der Waals surface area contributed by atoms with Gasteiger partial charge in [-0.1, -0.05) is 30.3 Å². The van der Waals surface area contributed by atoms with E-state index in [1.54, 1.807) is 23.0 Å². The van der Waals surface area contributed by atoms with Crippen LogP contribution in [0.2, 0.25) is 0 Å². The summed E-state index contributed by atoms with van der Waals surface area (Å²) in [5, 5.41) is 4.43. The first-order valence-corrected chi connectivity index (χ1v) is 8.43. The molecule has 2 heterocycles. The fourth-order valence-electron chi connectivity index (χ4n) is 3.25. The van der Waals surface area contributed by atoms with Gasteiger partial charge in [0.05, 0.1) is 23.1 Å². The van der Waals surface area contributed by atoms with E-state index in [1.807, 2.05) is 35.2 Å². The zero-order valence-electron chi connectivity index (χ0n) is 13.7. The molecule has 0 radical (unpaired) electrons. The maximum atomic E-state index is 13.3. The van der Waals surface area contributed by atoms with Crippen molar-refractivity contribution in [2.24, 2.45) is 0 Å². The average Bonchev–Trinajstić information content (AvgIpc) is 3.32. The second kappa shape index (κ2) is 6.51. The topological polar surface area (TPSA) is 38.1 Å². The van der Waals surface area contributed by atoms with Gasteiger partial charge in [-0.3, -0.25) is 4.79 Å². The van der Waals surface area contributed by atoms with Crippen molar-refractivity contribution in [2.45, 2.75) is 12.8 Å². The second-order valence-corrected chi connectivity index (χ2v) is 6.16. The van der Waals surface area contributed by atoms with Crippen LogP contribution in [0.25, 0.3) is 16.9 Å². The van der Waals surface area contributed by atoms with Crippen molar-refractivity contribution in [3.63, 3.8) is 0 Å².